The Hall–Kier alpha value is -2.02. The van der Waals surface area contributed by atoms with Crippen LogP contribution in [0, 0.1) is 13.8 Å². The predicted octanol–water partition coefficient (Wildman–Crippen LogP) is 1.19. The number of carbonyl (C=O) groups excluding carboxylic acids is 1. The monoisotopic (exact) mass is 296 g/mol. The Bertz CT molecular complexity index is 554. The number of carboxylic acids is 1. The molecule has 0 bridgehead atoms. The van der Waals surface area contributed by atoms with Gasteiger partial charge in [-0.3, -0.25) is 0 Å². The smallest absolute Gasteiger partial charge is 0.326 e. The fourth-order valence-electron chi connectivity index (χ4n) is 2.70. The van der Waals surface area contributed by atoms with Gasteiger partial charge in [-0.25, -0.2) is 9.59 Å². The van der Waals surface area contributed by atoms with E-state index < -0.39 is 24.1 Å². The maximum atomic E-state index is 12.2. The molecule has 7 heteroatoms. The highest BCUT2D eigenvalue weighted by molar-refractivity contribution is 5.83. The molecule has 0 aromatic carbocycles. The van der Waals surface area contributed by atoms with Gasteiger partial charge in [0.2, 0.25) is 0 Å². The molecule has 2 rings (SSSR count). The van der Waals surface area contributed by atoms with Crippen LogP contribution in [0.4, 0.5) is 4.79 Å². The Kier molecular flexibility index (Phi) is 4.22. The van der Waals surface area contributed by atoms with Gasteiger partial charge in [-0.15, -0.1) is 0 Å². The fraction of sp³-hybridized carbons (Fsp3) is 0.571. The molecule has 1 aliphatic rings. The number of amides is 2. The predicted molar refractivity (Wildman–Crippen MR) is 73.9 cm³/mol. The highest BCUT2D eigenvalue weighted by Crippen LogP contribution is 2.23. The zero-order valence-corrected chi connectivity index (χ0v) is 12.3. The Labute approximate surface area is 122 Å². The van der Waals surface area contributed by atoms with E-state index in [9.17, 15) is 14.7 Å². The number of likely N-dealkylation sites (tertiary alicyclic amines) is 1. The summed E-state index contributed by atoms with van der Waals surface area (Å²) < 4.78 is 5.42. The number of aliphatic hydroxyl groups is 1. The van der Waals surface area contributed by atoms with Crippen molar-refractivity contribution in [2.24, 2.45) is 0 Å². The van der Waals surface area contributed by atoms with E-state index >= 15 is 0 Å². The number of aryl methyl sites for hydroxylation is 2. The second-order valence-corrected chi connectivity index (χ2v) is 5.44. The van der Waals surface area contributed by atoms with Crippen LogP contribution in [0.15, 0.2) is 10.5 Å². The maximum absolute atomic E-state index is 12.2. The van der Waals surface area contributed by atoms with E-state index in [1.807, 2.05) is 19.9 Å². The van der Waals surface area contributed by atoms with Crippen molar-refractivity contribution in [2.75, 3.05) is 6.54 Å². The summed E-state index contributed by atoms with van der Waals surface area (Å²) in [6.45, 7) is 5.46. The first-order valence-corrected chi connectivity index (χ1v) is 6.84. The van der Waals surface area contributed by atoms with Crippen molar-refractivity contribution in [1.29, 1.82) is 0 Å². The lowest BCUT2D eigenvalue weighted by Crippen LogP contribution is -2.46. The third kappa shape index (κ3) is 3.18. The first kappa shape index (κ1) is 15.4. The van der Waals surface area contributed by atoms with Crippen LogP contribution < -0.4 is 5.32 Å². The van der Waals surface area contributed by atoms with E-state index in [-0.39, 0.29) is 19.0 Å². The molecule has 21 heavy (non-hydrogen) atoms. The van der Waals surface area contributed by atoms with E-state index in [4.69, 9.17) is 9.52 Å². The fourth-order valence-corrected chi connectivity index (χ4v) is 2.70. The number of hydrogen-bond acceptors (Lipinski definition) is 4. The molecule has 116 valence electrons. The number of aliphatic hydroxyl groups excluding tert-OH is 1. The van der Waals surface area contributed by atoms with Crippen molar-refractivity contribution < 1.29 is 24.2 Å². The molecule has 0 aliphatic carbocycles. The Morgan fingerprint density at radius 1 is 1.48 bits per heavy atom. The summed E-state index contributed by atoms with van der Waals surface area (Å²) >= 11 is 0. The lowest BCUT2D eigenvalue weighted by atomic mass is 10.1. The van der Waals surface area contributed by atoms with Crippen molar-refractivity contribution in [3.63, 3.8) is 0 Å². The van der Waals surface area contributed by atoms with Crippen LogP contribution >= 0.6 is 0 Å². The number of nitrogens with one attached hydrogen (secondary N) is 1. The van der Waals surface area contributed by atoms with Gasteiger partial charge in [0.15, 0.2) is 0 Å². The molecule has 1 aromatic rings. The van der Waals surface area contributed by atoms with Crippen LogP contribution in [0.5, 0.6) is 0 Å². The highest BCUT2D eigenvalue weighted by atomic mass is 16.4. The Balaban J connectivity index is 2.07. The van der Waals surface area contributed by atoms with E-state index in [0.29, 0.717) is 0 Å². The SMILES string of the molecule is Cc1cc(C(C)NC(=O)N2CC(O)CC2C(=O)O)c(C)o1. The number of carboxylic acid groups (broad SMARTS) is 1. The third-order valence-corrected chi connectivity index (χ3v) is 3.71. The van der Waals surface area contributed by atoms with Gasteiger partial charge in [0.1, 0.15) is 17.6 Å². The van der Waals surface area contributed by atoms with Crippen LogP contribution in [0.3, 0.4) is 0 Å². The molecule has 1 aliphatic heterocycles. The van der Waals surface area contributed by atoms with Crippen LogP contribution in [0.25, 0.3) is 0 Å². The molecule has 3 atom stereocenters. The lowest BCUT2D eigenvalue weighted by Gasteiger charge is -2.24. The van der Waals surface area contributed by atoms with Crippen LogP contribution in [0.1, 0.15) is 36.5 Å². The number of furan rings is 1. The largest absolute Gasteiger partial charge is 0.480 e. The van der Waals surface area contributed by atoms with Gasteiger partial charge >= 0.3 is 12.0 Å². The average molecular weight is 296 g/mol. The summed E-state index contributed by atoms with van der Waals surface area (Å²) in [7, 11) is 0. The number of hydrogen-bond donors (Lipinski definition) is 3. The number of urea groups is 1. The minimum absolute atomic E-state index is 0.0267. The third-order valence-electron chi connectivity index (χ3n) is 3.71. The summed E-state index contributed by atoms with van der Waals surface area (Å²) in [6, 6.07) is 0.0552. The summed E-state index contributed by atoms with van der Waals surface area (Å²) in [6.07, 6.45) is -0.744. The minimum atomic E-state index is -1.11. The zero-order chi connectivity index (χ0) is 15.7. The van der Waals surface area contributed by atoms with Gasteiger partial charge in [0.25, 0.3) is 0 Å². The zero-order valence-electron chi connectivity index (χ0n) is 12.3. The molecule has 1 saturated heterocycles. The van der Waals surface area contributed by atoms with Crippen molar-refractivity contribution in [3.8, 4) is 0 Å². The number of nitrogens with zero attached hydrogens (tertiary/aromatic N) is 1. The standard InChI is InChI=1S/C14H20N2O5/c1-7-4-11(9(3)21-7)8(2)15-14(20)16-6-10(17)5-12(16)13(18)19/h4,8,10,12,17H,5-6H2,1-3H3,(H,15,20)(H,18,19). The molecule has 0 radical (unpaired) electrons. The van der Waals surface area contributed by atoms with Crippen molar-refractivity contribution in [1.82, 2.24) is 10.2 Å². The molecular formula is C14H20N2O5. The molecule has 1 aromatic heterocycles. The minimum Gasteiger partial charge on any atom is -0.480 e. The van der Waals surface area contributed by atoms with Crippen molar-refractivity contribution in [2.45, 2.75) is 45.4 Å². The highest BCUT2D eigenvalue weighted by Gasteiger charge is 2.39. The topological polar surface area (TPSA) is 103 Å². The summed E-state index contributed by atoms with van der Waals surface area (Å²) in [5.74, 6) is 0.366. The average Bonchev–Trinajstić information content (AvgIpc) is 2.92. The van der Waals surface area contributed by atoms with E-state index in [1.165, 1.54) is 0 Å². The molecule has 3 unspecified atom stereocenters. The van der Waals surface area contributed by atoms with Gasteiger partial charge < -0.3 is 24.8 Å². The molecule has 0 spiro atoms. The summed E-state index contributed by atoms with van der Waals surface area (Å²) in [5, 5.41) is 21.4. The Morgan fingerprint density at radius 2 is 2.14 bits per heavy atom. The van der Waals surface area contributed by atoms with Gasteiger partial charge in [0.05, 0.1) is 12.1 Å². The van der Waals surface area contributed by atoms with Crippen LogP contribution in [-0.4, -0.2) is 45.8 Å². The molecule has 7 nitrogen and oxygen atoms in total. The molecule has 3 N–H and O–H groups in total. The molecule has 1 fully saturated rings. The lowest BCUT2D eigenvalue weighted by molar-refractivity contribution is -0.141. The van der Waals surface area contributed by atoms with Crippen molar-refractivity contribution in [3.05, 3.63) is 23.2 Å². The second kappa shape index (κ2) is 5.77. The van der Waals surface area contributed by atoms with Gasteiger partial charge in [-0.2, -0.15) is 0 Å². The molecule has 0 saturated carbocycles. The number of carbonyl (C=O) groups is 2. The van der Waals surface area contributed by atoms with E-state index in [1.54, 1.807) is 6.92 Å². The van der Waals surface area contributed by atoms with Gasteiger partial charge in [0, 0.05) is 18.5 Å². The summed E-state index contributed by atoms with van der Waals surface area (Å²) in [4.78, 5) is 24.5. The van der Waals surface area contributed by atoms with Crippen LogP contribution in [-0.2, 0) is 4.79 Å². The van der Waals surface area contributed by atoms with Crippen molar-refractivity contribution >= 4 is 12.0 Å². The molecule has 2 heterocycles. The number of aliphatic carboxylic acids is 1. The number of β-amino-alcohol motifs (C(OH)–C–C–N with tert-alkyl or cyclic N) is 1. The van der Waals surface area contributed by atoms with Crippen LogP contribution in [0.2, 0.25) is 0 Å². The quantitative estimate of drug-likeness (QED) is 0.777. The second-order valence-electron chi connectivity index (χ2n) is 5.44. The molecular weight excluding hydrogens is 276 g/mol. The van der Waals surface area contributed by atoms with E-state index in [0.717, 1.165) is 22.0 Å². The van der Waals surface area contributed by atoms with Gasteiger partial charge in [-0.05, 0) is 26.8 Å². The van der Waals surface area contributed by atoms with E-state index in [2.05, 4.69) is 5.32 Å². The first-order valence-electron chi connectivity index (χ1n) is 6.84. The summed E-state index contributed by atoms with van der Waals surface area (Å²) in [5.41, 5.74) is 0.854. The Morgan fingerprint density at radius 3 is 2.67 bits per heavy atom. The maximum Gasteiger partial charge on any atom is 0.326 e. The number of rotatable bonds is 3. The van der Waals surface area contributed by atoms with Gasteiger partial charge in [-0.1, -0.05) is 0 Å². The first-order chi connectivity index (χ1) is 9.79. The molecule has 2 amide bonds. The normalized spacial score (nSPS) is 23.1.